The molecule has 0 bridgehead atoms. The smallest absolute Gasteiger partial charge is 0.416 e. The van der Waals surface area contributed by atoms with Crippen LogP contribution < -0.4 is 10.1 Å². The van der Waals surface area contributed by atoms with Gasteiger partial charge in [0.15, 0.2) is 12.4 Å². The number of halogens is 4. The molecule has 2 rings (SSSR count). The van der Waals surface area contributed by atoms with E-state index in [0.717, 1.165) is 30.3 Å². The molecule has 1 amide bonds. The van der Waals surface area contributed by atoms with Crippen LogP contribution >= 0.6 is 0 Å². The number of Topliss-reactive ketones (excluding diaryl/α,β-unsaturated/α-hetero) is 1. The lowest BCUT2D eigenvalue weighted by Gasteiger charge is -2.10. The van der Waals surface area contributed by atoms with Crippen LogP contribution in [0.2, 0.25) is 0 Å². The third-order valence-corrected chi connectivity index (χ3v) is 3.19. The Balaban J connectivity index is 1.92. The summed E-state index contributed by atoms with van der Waals surface area (Å²) in [7, 11) is 0. The van der Waals surface area contributed by atoms with Crippen LogP contribution in [0, 0.1) is 5.82 Å². The molecule has 0 unspecified atom stereocenters. The highest BCUT2D eigenvalue weighted by Crippen LogP contribution is 2.29. The molecule has 0 saturated heterocycles. The first-order valence-corrected chi connectivity index (χ1v) is 7.07. The summed E-state index contributed by atoms with van der Waals surface area (Å²) in [6.45, 7) is 0.746. The molecule has 2 aromatic carbocycles. The van der Waals surface area contributed by atoms with Gasteiger partial charge in [0.05, 0.1) is 11.1 Å². The van der Waals surface area contributed by atoms with Crippen molar-refractivity contribution in [2.24, 2.45) is 0 Å². The minimum absolute atomic E-state index is 0.0464. The van der Waals surface area contributed by atoms with Gasteiger partial charge in [-0.3, -0.25) is 9.59 Å². The fourth-order valence-electron chi connectivity index (χ4n) is 1.96. The van der Waals surface area contributed by atoms with Crippen LogP contribution in [0.3, 0.4) is 0 Å². The Morgan fingerprint density at radius 1 is 1.08 bits per heavy atom. The highest BCUT2D eigenvalue weighted by atomic mass is 19.4. The Morgan fingerprint density at radius 3 is 2.24 bits per heavy atom. The molecule has 0 atom stereocenters. The average Bonchev–Trinajstić information content (AvgIpc) is 2.52. The maximum Gasteiger partial charge on any atom is 0.416 e. The third-order valence-electron chi connectivity index (χ3n) is 3.19. The van der Waals surface area contributed by atoms with Crippen molar-refractivity contribution in [1.82, 2.24) is 0 Å². The predicted molar refractivity (Wildman–Crippen MR) is 82.0 cm³/mol. The number of hydrogen-bond donors (Lipinski definition) is 1. The molecule has 0 fully saturated rings. The van der Waals surface area contributed by atoms with Crippen molar-refractivity contribution in [1.29, 1.82) is 0 Å². The molecule has 1 N–H and O–H groups in total. The molecule has 0 heterocycles. The van der Waals surface area contributed by atoms with Crippen molar-refractivity contribution in [2.75, 3.05) is 11.9 Å². The number of alkyl halides is 3. The quantitative estimate of drug-likeness (QED) is 0.650. The van der Waals surface area contributed by atoms with Gasteiger partial charge < -0.3 is 10.1 Å². The van der Waals surface area contributed by atoms with Gasteiger partial charge in [-0.25, -0.2) is 4.39 Å². The number of amides is 1. The van der Waals surface area contributed by atoms with Gasteiger partial charge in [0.2, 0.25) is 0 Å². The van der Waals surface area contributed by atoms with E-state index >= 15 is 0 Å². The molecule has 132 valence electrons. The second kappa shape index (κ2) is 7.33. The Bertz CT molecular complexity index is 785. The van der Waals surface area contributed by atoms with Crippen molar-refractivity contribution in [2.45, 2.75) is 13.1 Å². The van der Waals surface area contributed by atoms with E-state index < -0.39 is 35.9 Å². The molecule has 0 aliphatic rings. The molecule has 2 aromatic rings. The molecule has 25 heavy (non-hydrogen) atoms. The molecule has 0 aliphatic heterocycles. The lowest BCUT2D eigenvalue weighted by atomic mass is 10.1. The zero-order chi connectivity index (χ0) is 18.6. The minimum Gasteiger partial charge on any atom is -0.484 e. The second-order valence-electron chi connectivity index (χ2n) is 5.11. The van der Waals surface area contributed by atoms with Crippen LogP contribution in [0.15, 0.2) is 42.5 Å². The molecule has 0 radical (unpaired) electrons. The summed E-state index contributed by atoms with van der Waals surface area (Å²) in [5.41, 5.74) is -0.760. The fourth-order valence-corrected chi connectivity index (χ4v) is 1.96. The molecular formula is C17H13F4NO3. The molecule has 0 aliphatic carbocycles. The monoisotopic (exact) mass is 355 g/mol. The SMILES string of the molecule is CC(=O)c1ccc(OCC(=O)Nc2ccc(C(F)(F)F)cc2)cc1F. The summed E-state index contributed by atoms with van der Waals surface area (Å²) < 4.78 is 56.0. The summed E-state index contributed by atoms with van der Waals surface area (Å²) in [5, 5.41) is 2.36. The summed E-state index contributed by atoms with van der Waals surface area (Å²) >= 11 is 0. The van der Waals surface area contributed by atoms with Gasteiger partial charge >= 0.3 is 6.18 Å². The Labute approximate surface area is 140 Å². The highest BCUT2D eigenvalue weighted by Gasteiger charge is 2.29. The second-order valence-corrected chi connectivity index (χ2v) is 5.11. The van der Waals surface area contributed by atoms with Gasteiger partial charge in [-0.05, 0) is 43.3 Å². The maximum absolute atomic E-state index is 13.6. The predicted octanol–water partition coefficient (Wildman–Crippen LogP) is 4.06. The van der Waals surface area contributed by atoms with Gasteiger partial charge in [0, 0.05) is 11.8 Å². The number of anilines is 1. The van der Waals surface area contributed by atoms with E-state index in [2.05, 4.69) is 5.32 Å². The van der Waals surface area contributed by atoms with E-state index in [1.807, 2.05) is 0 Å². The van der Waals surface area contributed by atoms with Crippen molar-refractivity contribution in [3.05, 3.63) is 59.4 Å². The van der Waals surface area contributed by atoms with E-state index in [-0.39, 0.29) is 17.0 Å². The van der Waals surface area contributed by atoms with E-state index in [4.69, 9.17) is 4.74 Å². The summed E-state index contributed by atoms with van der Waals surface area (Å²) in [4.78, 5) is 22.8. The van der Waals surface area contributed by atoms with Gasteiger partial charge in [0.1, 0.15) is 11.6 Å². The number of carbonyl (C=O) groups is 2. The molecule has 0 saturated carbocycles. The lowest BCUT2D eigenvalue weighted by molar-refractivity contribution is -0.137. The largest absolute Gasteiger partial charge is 0.484 e. The first-order valence-electron chi connectivity index (χ1n) is 7.07. The highest BCUT2D eigenvalue weighted by molar-refractivity contribution is 5.94. The van der Waals surface area contributed by atoms with Crippen LogP contribution in [-0.2, 0) is 11.0 Å². The van der Waals surface area contributed by atoms with Crippen LogP contribution in [0.4, 0.5) is 23.2 Å². The van der Waals surface area contributed by atoms with E-state index in [1.165, 1.54) is 19.1 Å². The topological polar surface area (TPSA) is 55.4 Å². The Morgan fingerprint density at radius 2 is 1.72 bits per heavy atom. The number of ether oxygens (including phenoxy) is 1. The van der Waals surface area contributed by atoms with E-state index in [0.29, 0.717) is 0 Å². The van der Waals surface area contributed by atoms with Crippen molar-refractivity contribution >= 4 is 17.4 Å². The summed E-state index contributed by atoms with van der Waals surface area (Å²) in [5.74, 6) is -1.79. The zero-order valence-corrected chi connectivity index (χ0v) is 13.0. The number of carbonyl (C=O) groups excluding carboxylic acids is 2. The number of nitrogens with one attached hydrogen (secondary N) is 1. The number of ketones is 1. The third kappa shape index (κ3) is 5.03. The van der Waals surface area contributed by atoms with Gasteiger partial charge in [0.25, 0.3) is 5.91 Å². The Kier molecular flexibility index (Phi) is 5.41. The van der Waals surface area contributed by atoms with Crippen LogP contribution in [0.5, 0.6) is 5.75 Å². The maximum atomic E-state index is 13.6. The molecule has 0 spiro atoms. The van der Waals surface area contributed by atoms with Crippen molar-refractivity contribution in [3.63, 3.8) is 0 Å². The average molecular weight is 355 g/mol. The molecule has 8 heteroatoms. The summed E-state index contributed by atoms with van der Waals surface area (Å²) in [6.07, 6.45) is -4.46. The normalized spacial score (nSPS) is 11.1. The number of benzene rings is 2. The summed E-state index contributed by atoms with van der Waals surface area (Å²) in [6, 6.07) is 7.46. The van der Waals surface area contributed by atoms with Gasteiger partial charge in [-0.15, -0.1) is 0 Å². The molecular weight excluding hydrogens is 342 g/mol. The van der Waals surface area contributed by atoms with Crippen molar-refractivity contribution in [3.8, 4) is 5.75 Å². The first kappa shape index (κ1) is 18.4. The number of hydrogen-bond acceptors (Lipinski definition) is 3. The Hall–Kier alpha value is -2.90. The van der Waals surface area contributed by atoms with E-state index in [1.54, 1.807) is 0 Å². The zero-order valence-electron chi connectivity index (χ0n) is 13.0. The molecule has 4 nitrogen and oxygen atoms in total. The van der Waals surface area contributed by atoms with Crippen LogP contribution in [-0.4, -0.2) is 18.3 Å². The van der Waals surface area contributed by atoms with Crippen molar-refractivity contribution < 1.29 is 31.9 Å². The minimum atomic E-state index is -4.46. The van der Waals surface area contributed by atoms with Gasteiger partial charge in [-0.1, -0.05) is 0 Å². The van der Waals surface area contributed by atoms with Crippen LogP contribution in [0.25, 0.3) is 0 Å². The molecule has 0 aromatic heterocycles. The fraction of sp³-hybridized carbons (Fsp3) is 0.176. The standard InChI is InChI=1S/C17H13F4NO3/c1-10(23)14-7-6-13(8-15(14)18)25-9-16(24)22-12-4-2-11(3-5-12)17(19,20)21/h2-8H,9H2,1H3,(H,22,24). The lowest BCUT2D eigenvalue weighted by Crippen LogP contribution is -2.20. The van der Waals surface area contributed by atoms with Crippen LogP contribution in [0.1, 0.15) is 22.8 Å². The number of rotatable bonds is 5. The van der Waals surface area contributed by atoms with Gasteiger partial charge in [-0.2, -0.15) is 13.2 Å². The van der Waals surface area contributed by atoms with E-state index in [9.17, 15) is 27.2 Å². The first-order chi connectivity index (χ1) is 11.7.